The van der Waals surface area contributed by atoms with Crippen LogP contribution in [0.15, 0.2) is 12.4 Å². The number of nitrogens with zero attached hydrogens (tertiary/aromatic N) is 4. The van der Waals surface area contributed by atoms with Crippen molar-refractivity contribution in [3.8, 4) is 0 Å². The lowest BCUT2D eigenvalue weighted by atomic mass is 10.0. The topological polar surface area (TPSA) is 81.6 Å². The fourth-order valence-corrected chi connectivity index (χ4v) is 3.73. The average molecular weight is 347 g/mol. The van der Waals surface area contributed by atoms with Crippen LogP contribution in [0, 0.1) is 5.92 Å². The van der Waals surface area contributed by atoms with Crippen LogP contribution in [0.5, 0.6) is 0 Å². The zero-order valence-electron chi connectivity index (χ0n) is 15.2. The van der Waals surface area contributed by atoms with Gasteiger partial charge in [0.2, 0.25) is 5.91 Å². The van der Waals surface area contributed by atoms with E-state index in [4.69, 9.17) is 0 Å². The molecule has 25 heavy (non-hydrogen) atoms. The molecule has 2 N–H and O–H groups in total. The van der Waals surface area contributed by atoms with Gasteiger partial charge in [0.05, 0.1) is 12.6 Å². The highest BCUT2D eigenvalue weighted by Crippen LogP contribution is 2.25. The van der Waals surface area contributed by atoms with Gasteiger partial charge in [-0.2, -0.15) is 0 Å². The van der Waals surface area contributed by atoms with Crippen molar-refractivity contribution in [2.75, 3.05) is 36.5 Å². The first-order valence-corrected chi connectivity index (χ1v) is 9.33. The van der Waals surface area contributed by atoms with Crippen LogP contribution in [-0.2, 0) is 4.79 Å². The van der Waals surface area contributed by atoms with E-state index in [1.54, 1.807) is 6.33 Å². The van der Waals surface area contributed by atoms with Crippen LogP contribution in [-0.4, -0.2) is 64.2 Å². The van der Waals surface area contributed by atoms with E-state index in [-0.39, 0.29) is 24.5 Å². The summed E-state index contributed by atoms with van der Waals surface area (Å²) in [7, 11) is 0. The first-order chi connectivity index (χ1) is 12.1. The molecule has 1 aromatic heterocycles. The van der Waals surface area contributed by atoms with Crippen LogP contribution in [0.2, 0.25) is 0 Å². The molecule has 2 fully saturated rings. The van der Waals surface area contributed by atoms with Crippen molar-refractivity contribution in [1.29, 1.82) is 0 Å². The Labute approximate surface area is 149 Å². The molecular formula is C18H29N5O2. The number of carbonyl (C=O) groups is 1. The summed E-state index contributed by atoms with van der Waals surface area (Å²) in [5.74, 6) is 2.00. The van der Waals surface area contributed by atoms with Gasteiger partial charge in [-0.15, -0.1) is 0 Å². The minimum Gasteiger partial charge on any atom is -0.394 e. The molecule has 2 aliphatic heterocycles. The number of aromatic nitrogens is 2. The Kier molecular flexibility index (Phi) is 5.73. The summed E-state index contributed by atoms with van der Waals surface area (Å²) in [6, 6.07) is 2.46. The van der Waals surface area contributed by atoms with E-state index >= 15 is 0 Å². The molecule has 0 radical (unpaired) electrons. The Morgan fingerprint density at radius 3 is 2.72 bits per heavy atom. The van der Waals surface area contributed by atoms with Crippen LogP contribution >= 0.6 is 0 Å². The van der Waals surface area contributed by atoms with Crippen LogP contribution in [0.1, 0.15) is 39.5 Å². The molecule has 2 saturated heterocycles. The molecule has 1 amide bonds. The lowest BCUT2D eigenvalue weighted by Gasteiger charge is -2.33. The molecule has 0 spiro atoms. The summed E-state index contributed by atoms with van der Waals surface area (Å²) in [5, 5.41) is 13.0. The predicted octanol–water partition coefficient (Wildman–Crippen LogP) is 1.50. The van der Waals surface area contributed by atoms with E-state index in [1.807, 2.05) is 24.8 Å². The van der Waals surface area contributed by atoms with Crippen molar-refractivity contribution in [3.63, 3.8) is 0 Å². The van der Waals surface area contributed by atoms with Gasteiger partial charge in [0.1, 0.15) is 18.0 Å². The predicted molar refractivity (Wildman–Crippen MR) is 97.5 cm³/mol. The second kappa shape index (κ2) is 7.99. The fraction of sp³-hybridized carbons (Fsp3) is 0.722. The van der Waals surface area contributed by atoms with Crippen molar-refractivity contribution >= 4 is 17.5 Å². The van der Waals surface area contributed by atoms with Crippen LogP contribution < -0.4 is 10.2 Å². The van der Waals surface area contributed by atoms with E-state index in [1.165, 1.54) is 0 Å². The van der Waals surface area contributed by atoms with E-state index < -0.39 is 0 Å². The highest BCUT2D eigenvalue weighted by Gasteiger charge is 2.26. The molecule has 0 aromatic carbocycles. The summed E-state index contributed by atoms with van der Waals surface area (Å²) in [4.78, 5) is 24.9. The van der Waals surface area contributed by atoms with Crippen molar-refractivity contribution in [3.05, 3.63) is 12.4 Å². The molecule has 0 aliphatic carbocycles. The Morgan fingerprint density at radius 2 is 2.04 bits per heavy atom. The first kappa shape index (κ1) is 17.9. The normalized spacial score (nSPS) is 21.8. The van der Waals surface area contributed by atoms with Gasteiger partial charge in [0.15, 0.2) is 0 Å². The quantitative estimate of drug-likeness (QED) is 0.840. The molecule has 3 rings (SSSR count). The minimum absolute atomic E-state index is 0.0638. The van der Waals surface area contributed by atoms with E-state index in [0.29, 0.717) is 6.04 Å². The third-order valence-corrected chi connectivity index (χ3v) is 5.19. The Bertz CT molecular complexity index is 587. The van der Waals surface area contributed by atoms with Gasteiger partial charge in [-0.3, -0.25) is 4.79 Å². The third-order valence-electron chi connectivity index (χ3n) is 5.19. The molecule has 3 heterocycles. The number of likely N-dealkylation sites (tertiary alicyclic amines) is 1. The van der Waals surface area contributed by atoms with E-state index in [0.717, 1.165) is 57.0 Å². The van der Waals surface area contributed by atoms with Crippen LogP contribution in [0.3, 0.4) is 0 Å². The zero-order valence-corrected chi connectivity index (χ0v) is 15.2. The molecular weight excluding hydrogens is 318 g/mol. The lowest BCUT2D eigenvalue weighted by molar-refractivity contribution is -0.135. The van der Waals surface area contributed by atoms with Gasteiger partial charge in [-0.05, 0) is 25.7 Å². The Hall–Kier alpha value is -1.89. The number of aliphatic hydroxyl groups excluding tert-OH is 1. The largest absolute Gasteiger partial charge is 0.394 e. The maximum absolute atomic E-state index is 12.1. The number of rotatable bonds is 5. The molecule has 138 valence electrons. The maximum atomic E-state index is 12.1. The number of amides is 1. The van der Waals surface area contributed by atoms with Gasteiger partial charge in [-0.25, -0.2) is 9.97 Å². The number of carbonyl (C=O) groups excluding carboxylic acids is 1. The van der Waals surface area contributed by atoms with Crippen LogP contribution in [0.25, 0.3) is 0 Å². The smallest absolute Gasteiger partial charge is 0.225 e. The first-order valence-electron chi connectivity index (χ1n) is 9.33. The number of aliphatic hydroxyl groups is 1. The number of nitrogens with one attached hydrogen (secondary N) is 1. The Balaban J connectivity index is 1.57. The third kappa shape index (κ3) is 4.21. The highest BCUT2D eigenvalue weighted by molar-refractivity contribution is 5.78. The summed E-state index contributed by atoms with van der Waals surface area (Å²) >= 11 is 0. The molecule has 0 bridgehead atoms. The molecule has 1 aromatic rings. The van der Waals surface area contributed by atoms with Gasteiger partial charge in [0, 0.05) is 37.7 Å². The summed E-state index contributed by atoms with van der Waals surface area (Å²) in [6.07, 6.45) is 5.54. The van der Waals surface area contributed by atoms with Gasteiger partial charge in [0.25, 0.3) is 0 Å². The number of hydrogen-bond donors (Lipinski definition) is 2. The van der Waals surface area contributed by atoms with Gasteiger partial charge >= 0.3 is 0 Å². The molecule has 7 nitrogen and oxygen atoms in total. The minimum atomic E-state index is 0.0638. The Morgan fingerprint density at radius 1 is 1.28 bits per heavy atom. The van der Waals surface area contributed by atoms with Gasteiger partial charge in [-0.1, -0.05) is 13.8 Å². The maximum Gasteiger partial charge on any atom is 0.225 e. The average Bonchev–Trinajstić information content (AvgIpc) is 3.11. The molecule has 0 unspecified atom stereocenters. The molecule has 1 atom stereocenters. The van der Waals surface area contributed by atoms with Crippen molar-refractivity contribution < 1.29 is 9.90 Å². The second-order valence-corrected chi connectivity index (χ2v) is 7.33. The SMILES string of the molecule is CC(C)C(=O)N1CCC(Nc2cc(N3CCC[C@H]3CO)ncn2)CC1. The van der Waals surface area contributed by atoms with E-state index in [9.17, 15) is 9.90 Å². The van der Waals surface area contributed by atoms with Crippen molar-refractivity contribution in [2.24, 2.45) is 5.92 Å². The fourth-order valence-electron chi connectivity index (χ4n) is 3.73. The summed E-state index contributed by atoms with van der Waals surface area (Å²) in [5.41, 5.74) is 0. The van der Waals surface area contributed by atoms with Crippen LogP contribution in [0.4, 0.5) is 11.6 Å². The van der Waals surface area contributed by atoms with Crippen molar-refractivity contribution in [1.82, 2.24) is 14.9 Å². The lowest BCUT2D eigenvalue weighted by Crippen LogP contribution is -2.44. The molecule has 7 heteroatoms. The molecule has 0 saturated carbocycles. The highest BCUT2D eigenvalue weighted by atomic mass is 16.3. The van der Waals surface area contributed by atoms with E-state index in [2.05, 4.69) is 20.2 Å². The van der Waals surface area contributed by atoms with Gasteiger partial charge < -0.3 is 20.2 Å². The van der Waals surface area contributed by atoms with Crippen molar-refractivity contribution in [2.45, 2.75) is 51.6 Å². The second-order valence-electron chi connectivity index (χ2n) is 7.33. The number of anilines is 2. The number of hydrogen-bond acceptors (Lipinski definition) is 6. The molecule has 2 aliphatic rings. The monoisotopic (exact) mass is 347 g/mol. The summed E-state index contributed by atoms with van der Waals surface area (Å²) < 4.78 is 0. The summed E-state index contributed by atoms with van der Waals surface area (Å²) in [6.45, 7) is 6.59. The zero-order chi connectivity index (χ0) is 17.8. The standard InChI is InChI=1S/C18H29N5O2/c1-13(2)18(25)22-8-5-14(6-9-22)21-16-10-17(20-12-19-16)23-7-3-4-15(23)11-24/h10,12-15,24H,3-9,11H2,1-2H3,(H,19,20,21)/t15-/m0/s1. The number of piperidine rings is 1.